The van der Waals surface area contributed by atoms with Crippen molar-refractivity contribution in [3.8, 4) is 0 Å². The van der Waals surface area contributed by atoms with Gasteiger partial charge in [0.1, 0.15) is 11.6 Å². The van der Waals surface area contributed by atoms with Crippen molar-refractivity contribution in [1.82, 2.24) is 15.5 Å². The van der Waals surface area contributed by atoms with E-state index >= 15 is 0 Å². The predicted molar refractivity (Wildman–Crippen MR) is 155 cm³/mol. The first-order valence-corrected chi connectivity index (χ1v) is 14.8. The second-order valence-electron chi connectivity index (χ2n) is 11.4. The van der Waals surface area contributed by atoms with Crippen molar-refractivity contribution in [1.29, 1.82) is 0 Å². The number of nitrogens with one attached hydrogen (secondary N) is 3. The van der Waals surface area contributed by atoms with Gasteiger partial charge in [-0.3, -0.25) is 29.4 Å². The normalized spacial score (nSPS) is 16.8. The summed E-state index contributed by atoms with van der Waals surface area (Å²) in [6, 6.07) is 4.02. The molecule has 1 fully saturated rings. The number of ether oxygens (including phenoxy) is 3. The fraction of sp³-hybridized carbons (Fsp3) is 0.633. The van der Waals surface area contributed by atoms with Gasteiger partial charge in [0.05, 0.1) is 11.1 Å². The predicted octanol–water partition coefficient (Wildman–Crippen LogP) is 3.40. The molecule has 0 aromatic heterocycles. The number of piperidine rings is 1. The molecule has 42 heavy (non-hydrogen) atoms. The van der Waals surface area contributed by atoms with E-state index in [1.807, 2.05) is 20.8 Å². The molecule has 3 rings (SSSR count). The van der Waals surface area contributed by atoms with Crippen LogP contribution >= 0.6 is 0 Å². The van der Waals surface area contributed by atoms with Crippen molar-refractivity contribution in [3.05, 3.63) is 29.3 Å². The fourth-order valence-electron chi connectivity index (χ4n) is 4.59. The number of benzene rings is 1. The number of rotatable bonds is 17. The van der Waals surface area contributed by atoms with Gasteiger partial charge in [-0.15, -0.1) is 0 Å². The van der Waals surface area contributed by atoms with E-state index in [-0.39, 0.29) is 24.0 Å². The lowest BCUT2D eigenvalue weighted by Crippen LogP contribution is -2.54. The Morgan fingerprint density at radius 2 is 1.48 bits per heavy atom. The molecule has 0 radical (unpaired) electrons. The van der Waals surface area contributed by atoms with Gasteiger partial charge in [-0.05, 0) is 83.9 Å². The Morgan fingerprint density at radius 1 is 0.881 bits per heavy atom. The van der Waals surface area contributed by atoms with Gasteiger partial charge in [0.2, 0.25) is 11.8 Å². The minimum atomic E-state index is -0.967. The highest BCUT2D eigenvalue weighted by atomic mass is 16.6. The molecule has 2 aliphatic heterocycles. The number of anilines is 1. The molecule has 0 spiro atoms. The zero-order chi connectivity index (χ0) is 30.5. The van der Waals surface area contributed by atoms with Crippen molar-refractivity contribution in [2.24, 2.45) is 0 Å². The van der Waals surface area contributed by atoms with Crippen LogP contribution in [0.4, 0.5) is 10.5 Å². The monoisotopic (exact) mass is 588 g/mol. The summed E-state index contributed by atoms with van der Waals surface area (Å²) in [5, 5.41) is 8.21. The Kier molecular flexibility index (Phi) is 12.7. The zero-order valence-corrected chi connectivity index (χ0v) is 24.9. The third kappa shape index (κ3) is 10.4. The van der Waals surface area contributed by atoms with E-state index in [0.29, 0.717) is 39.5 Å². The van der Waals surface area contributed by atoms with Crippen LogP contribution in [0, 0.1) is 0 Å². The number of alkyl carbamates (subject to hydrolysis) is 1. The fourth-order valence-corrected chi connectivity index (χ4v) is 4.59. The molecule has 0 aliphatic carbocycles. The number of carbonyl (C=O) groups is 5. The minimum Gasteiger partial charge on any atom is -0.444 e. The average molecular weight is 589 g/mol. The molecule has 1 unspecified atom stereocenters. The number of nitrogens with zero attached hydrogens (tertiary/aromatic N) is 1. The van der Waals surface area contributed by atoms with E-state index in [9.17, 15) is 24.0 Å². The number of hydrogen-bond donors (Lipinski definition) is 3. The summed E-state index contributed by atoms with van der Waals surface area (Å²) < 4.78 is 16.5. The standard InChI is InChI=1S/C30H44N4O8/c1-30(2,3)42-29(39)32-15-5-7-17-41-19-9-8-18-40-16-6-4-14-31-21-10-11-22-23(20-21)28(38)34(27(22)37)24-12-13-25(35)33-26(24)36/h10-11,20,24,31H,4-9,12-19H2,1-3H3,(H,32,39)(H,33,35,36). The third-order valence-corrected chi connectivity index (χ3v) is 6.70. The summed E-state index contributed by atoms with van der Waals surface area (Å²) in [6.45, 7) is 9.45. The minimum absolute atomic E-state index is 0.0912. The highest BCUT2D eigenvalue weighted by Gasteiger charge is 2.44. The Hall–Kier alpha value is -3.51. The van der Waals surface area contributed by atoms with Crippen molar-refractivity contribution in [2.75, 3.05) is 44.8 Å². The first kappa shape index (κ1) is 33.0. The summed E-state index contributed by atoms with van der Waals surface area (Å²) in [7, 11) is 0. The Bertz CT molecular complexity index is 1120. The molecule has 12 nitrogen and oxygen atoms in total. The lowest BCUT2D eigenvalue weighted by molar-refractivity contribution is -0.136. The number of hydrogen-bond acceptors (Lipinski definition) is 9. The maximum Gasteiger partial charge on any atom is 0.407 e. The van der Waals surface area contributed by atoms with Gasteiger partial charge < -0.3 is 24.8 Å². The lowest BCUT2D eigenvalue weighted by atomic mass is 10.0. The first-order valence-electron chi connectivity index (χ1n) is 14.8. The lowest BCUT2D eigenvalue weighted by Gasteiger charge is -2.27. The van der Waals surface area contributed by atoms with Gasteiger partial charge in [-0.1, -0.05) is 0 Å². The largest absolute Gasteiger partial charge is 0.444 e. The van der Waals surface area contributed by atoms with Crippen molar-refractivity contribution < 1.29 is 38.2 Å². The molecular weight excluding hydrogens is 544 g/mol. The van der Waals surface area contributed by atoms with Gasteiger partial charge in [-0.2, -0.15) is 0 Å². The molecule has 1 aromatic carbocycles. The molecule has 1 aromatic rings. The molecule has 2 heterocycles. The van der Waals surface area contributed by atoms with Crippen molar-refractivity contribution in [2.45, 2.75) is 83.8 Å². The maximum atomic E-state index is 12.9. The first-order chi connectivity index (χ1) is 20.1. The average Bonchev–Trinajstić information content (AvgIpc) is 3.16. The van der Waals surface area contributed by atoms with Crippen LogP contribution in [-0.4, -0.2) is 85.8 Å². The van der Waals surface area contributed by atoms with Crippen LogP contribution in [-0.2, 0) is 23.8 Å². The molecule has 0 bridgehead atoms. The molecule has 232 valence electrons. The molecular formula is C30H44N4O8. The molecule has 12 heteroatoms. The van der Waals surface area contributed by atoms with Crippen molar-refractivity contribution in [3.63, 3.8) is 0 Å². The molecule has 5 amide bonds. The van der Waals surface area contributed by atoms with E-state index in [1.165, 1.54) is 0 Å². The third-order valence-electron chi connectivity index (χ3n) is 6.70. The summed E-state index contributed by atoms with van der Waals surface area (Å²) in [4.78, 5) is 61.9. The number of imide groups is 2. The van der Waals surface area contributed by atoms with Gasteiger partial charge >= 0.3 is 6.09 Å². The summed E-state index contributed by atoms with van der Waals surface area (Å²) in [6.07, 6.45) is 5.16. The van der Waals surface area contributed by atoms with Crippen LogP contribution in [0.1, 0.15) is 92.9 Å². The Labute approximate surface area is 247 Å². The molecule has 1 atom stereocenters. The van der Waals surface area contributed by atoms with Crippen LogP contribution in [0.3, 0.4) is 0 Å². The van der Waals surface area contributed by atoms with E-state index < -0.39 is 41.4 Å². The van der Waals surface area contributed by atoms with Gasteiger partial charge in [0, 0.05) is 51.6 Å². The number of fused-ring (bicyclic) bond motifs is 1. The van der Waals surface area contributed by atoms with E-state index in [4.69, 9.17) is 14.2 Å². The highest BCUT2D eigenvalue weighted by Crippen LogP contribution is 2.29. The van der Waals surface area contributed by atoms with E-state index in [1.54, 1.807) is 18.2 Å². The number of carbonyl (C=O) groups excluding carboxylic acids is 5. The van der Waals surface area contributed by atoms with Crippen LogP contribution in [0.15, 0.2) is 18.2 Å². The smallest absolute Gasteiger partial charge is 0.407 e. The highest BCUT2D eigenvalue weighted by molar-refractivity contribution is 6.23. The Morgan fingerprint density at radius 3 is 2.10 bits per heavy atom. The van der Waals surface area contributed by atoms with Crippen LogP contribution in [0.5, 0.6) is 0 Å². The van der Waals surface area contributed by atoms with Crippen LogP contribution < -0.4 is 16.0 Å². The van der Waals surface area contributed by atoms with Gasteiger partial charge in [0.25, 0.3) is 11.8 Å². The van der Waals surface area contributed by atoms with E-state index in [2.05, 4.69) is 16.0 Å². The van der Waals surface area contributed by atoms with Crippen LogP contribution in [0.2, 0.25) is 0 Å². The summed E-state index contributed by atoms with van der Waals surface area (Å²) in [5.41, 5.74) is 0.762. The van der Waals surface area contributed by atoms with E-state index in [0.717, 1.165) is 49.1 Å². The molecule has 3 N–H and O–H groups in total. The molecule has 2 aliphatic rings. The Balaban J connectivity index is 1.18. The second kappa shape index (κ2) is 16.2. The van der Waals surface area contributed by atoms with Gasteiger partial charge in [-0.25, -0.2) is 4.79 Å². The summed E-state index contributed by atoms with van der Waals surface area (Å²) in [5.74, 6) is -2.04. The number of unbranched alkanes of at least 4 members (excludes halogenated alkanes) is 3. The topological polar surface area (TPSA) is 152 Å². The van der Waals surface area contributed by atoms with Crippen LogP contribution in [0.25, 0.3) is 0 Å². The van der Waals surface area contributed by atoms with Gasteiger partial charge in [0.15, 0.2) is 0 Å². The summed E-state index contributed by atoms with van der Waals surface area (Å²) >= 11 is 0. The number of amides is 5. The maximum absolute atomic E-state index is 12.9. The quantitative estimate of drug-likeness (QED) is 0.184. The van der Waals surface area contributed by atoms with Crippen molar-refractivity contribution >= 4 is 35.4 Å². The SMILES string of the molecule is CC(C)(C)OC(=O)NCCCCOCCCCOCCCCNc1ccc2c(c1)C(=O)N(C1CCC(=O)NC1=O)C2=O. The molecule has 1 saturated heterocycles. The molecule has 0 saturated carbocycles. The second-order valence-corrected chi connectivity index (χ2v) is 11.4. The zero-order valence-electron chi connectivity index (χ0n) is 24.9.